The van der Waals surface area contributed by atoms with Gasteiger partial charge in [0.25, 0.3) is 5.91 Å². The molecule has 2 atom stereocenters. The van der Waals surface area contributed by atoms with Crippen molar-refractivity contribution in [1.29, 1.82) is 0 Å². The Morgan fingerprint density at radius 1 is 1.09 bits per heavy atom. The van der Waals surface area contributed by atoms with Crippen molar-refractivity contribution in [3.8, 4) is 0 Å². The number of amides is 1. The number of Topliss-reactive ketones (excluding diaryl/α,β-unsaturated/α-hetero) is 1. The summed E-state index contributed by atoms with van der Waals surface area (Å²) in [5.74, 6) is -1.13. The number of halogens is 1. The monoisotopic (exact) mass is 314 g/mol. The molecule has 0 unspecified atom stereocenters. The topological polar surface area (TPSA) is 49.4 Å². The largest absolute Gasteiger partial charge is 0.299 e. The zero-order valence-corrected chi connectivity index (χ0v) is 12.7. The lowest BCUT2D eigenvalue weighted by Gasteiger charge is -2.18. The van der Waals surface area contributed by atoms with Gasteiger partial charge in [-0.3, -0.25) is 9.59 Å². The third-order valence-corrected chi connectivity index (χ3v) is 4.02. The number of ketones is 1. The number of nitrogens with one attached hydrogen (secondary N) is 1. The van der Waals surface area contributed by atoms with E-state index < -0.39 is 5.92 Å². The number of hydrogen-bond acceptors (Lipinski definition) is 3. The maximum Gasteiger partial charge on any atom is 0.253 e. The summed E-state index contributed by atoms with van der Waals surface area (Å²) >= 11 is 5.91. The molecule has 112 valence electrons. The van der Waals surface area contributed by atoms with Crippen LogP contribution in [0.4, 0.5) is 5.69 Å². The molecule has 0 aromatic heterocycles. The van der Waals surface area contributed by atoms with Gasteiger partial charge >= 0.3 is 0 Å². The van der Waals surface area contributed by atoms with E-state index in [4.69, 9.17) is 11.6 Å². The van der Waals surface area contributed by atoms with Crippen LogP contribution in [0.5, 0.6) is 0 Å². The summed E-state index contributed by atoms with van der Waals surface area (Å²) in [5, 5.41) is 2.07. The lowest BCUT2D eigenvalue weighted by atomic mass is 9.91. The third kappa shape index (κ3) is 2.63. The Kier molecular flexibility index (Phi) is 3.96. The van der Waals surface area contributed by atoms with E-state index in [-0.39, 0.29) is 17.7 Å². The lowest BCUT2D eigenvalue weighted by Crippen LogP contribution is -2.35. The third-order valence-electron chi connectivity index (χ3n) is 3.77. The quantitative estimate of drug-likeness (QED) is 0.885. The van der Waals surface area contributed by atoms with Crippen molar-refractivity contribution in [1.82, 2.24) is 5.43 Å². The summed E-state index contributed by atoms with van der Waals surface area (Å²) in [6.07, 6.45) is 0. The molecule has 2 aromatic carbocycles. The average molecular weight is 315 g/mol. The highest BCUT2D eigenvalue weighted by Gasteiger charge is 2.44. The Morgan fingerprint density at radius 2 is 1.73 bits per heavy atom. The van der Waals surface area contributed by atoms with Crippen molar-refractivity contribution in [3.63, 3.8) is 0 Å². The highest BCUT2D eigenvalue weighted by Crippen LogP contribution is 2.33. The van der Waals surface area contributed by atoms with Gasteiger partial charge < -0.3 is 0 Å². The predicted molar refractivity (Wildman–Crippen MR) is 85.4 cm³/mol. The number of hydrazine groups is 1. The molecule has 22 heavy (non-hydrogen) atoms. The summed E-state index contributed by atoms with van der Waals surface area (Å²) in [6, 6.07) is 16.0. The Labute approximate surface area is 133 Å². The minimum atomic E-state index is -0.735. The van der Waals surface area contributed by atoms with Crippen LogP contribution < -0.4 is 10.4 Å². The number of benzene rings is 2. The molecule has 1 aliphatic heterocycles. The van der Waals surface area contributed by atoms with Crippen LogP contribution in [0.2, 0.25) is 5.02 Å². The fraction of sp³-hybridized carbons (Fsp3) is 0.176. The molecule has 1 saturated heterocycles. The van der Waals surface area contributed by atoms with Crippen LogP contribution in [0.15, 0.2) is 54.6 Å². The maximum atomic E-state index is 12.6. The fourth-order valence-electron chi connectivity index (χ4n) is 2.68. The molecule has 1 N–H and O–H groups in total. The van der Waals surface area contributed by atoms with Crippen LogP contribution in [0.25, 0.3) is 0 Å². The van der Waals surface area contributed by atoms with Gasteiger partial charge in [0.1, 0.15) is 11.7 Å². The molecule has 0 radical (unpaired) electrons. The smallest absolute Gasteiger partial charge is 0.253 e. The van der Waals surface area contributed by atoms with Crippen LogP contribution in [0.3, 0.4) is 0 Å². The normalized spacial score (nSPS) is 21.2. The van der Waals surface area contributed by atoms with E-state index in [1.165, 1.54) is 11.9 Å². The molecule has 4 nitrogen and oxygen atoms in total. The first-order chi connectivity index (χ1) is 10.6. The average Bonchev–Trinajstić information content (AvgIpc) is 2.86. The minimum Gasteiger partial charge on any atom is -0.299 e. The van der Waals surface area contributed by atoms with Crippen molar-refractivity contribution in [2.24, 2.45) is 5.92 Å². The number of nitrogens with zero attached hydrogens (tertiary/aromatic N) is 1. The zero-order valence-electron chi connectivity index (χ0n) is 12.0. The van der Waals surface area contributed by atoms with E-state index in [1.807, 2.05) is 42.5 Å². The Bertz CT molecular complexity index is 700. The van der Waals surface area contributed by atoms with Crippen molar-refractivity contribution < 1.29 is 9.59 Å². The van der Waals surface area contributed by atoms with Crippen LogP contribution in [0.1, 0.15) is 18.5 Å². The van der Waals surface area contributed by atoms with Crippen LogP contribution in [-0.2, 0) is 9.59 Å². The molecular formula is C17H15ClN2O2. The molecule has 0 saturated carbocycles. The molecule has 2 aromatic rings. The van der Waals surface area contributed by atoms with Crippen molar-refractivity contribution >= 4 is 29.0 Å². The van der Waals surface area contributed by atoms with Crippen molar-refractivity contribution in [2.75, 3.05) is 5.01 Å². The highest BCUT2D eigenvalue weighted by molar-refractivity contribution is 6.30. The van der Waals surface area contributed by atoms with E-state index in [1.54, 1.807) is 12.1 Å². The second kappa shape index (κ2) is 5.91. The molecule has 1 amide bonds. The molecule has 1 fully saturated rings. The van der Waals surface area contributed by atoms with Gasteiger partial charge in [-0.05, 0) is 36.8 Å². The summed E-state index contributed by atoms with van der Waals surface area (Å²) in [5.41, 5.74) is 4.72. The molecule has 1 aliphatic rings. The molecule has 0 spiro atoms. The molecule has 1 heterocycles. The van der Waals surface area contributed by atoms with Crippen LogP contribution in [-0.4, -0.2) is 11.7 Å². The first kappa shape index (κ1) is 14.8. The second-order valence-electron chi connectivity index (χ2n) is 5.26. The number of carbonyl (C=O) groups excluding carboxylic acids is 2. The van der Waals surface area contributed by atoms with E-state index in [0.717, 1.165) is 11.3 Å². The summed E-state index contributed by atoms with van der Waals surface area (Å²) < 4.78 is 0. The van der Waals surface area contributed by atoms with Gasteiger partial charge in [-0.2, -0.15) is 0 Å². The molecular weight excluding hydrogens is 300 g/mol. The lowest BCUT2D eigenvalue weighted by molar-refractivity contribution is -0.129. The van der Waals surface area contributed by atoms with E-state index in [9.17, 15) is 9.59 Å². The number of carbonyl (C=O) groups is 2. The molecule has 0 bridgehead atoms. The van der Waals surface area contributed by atoms with E-state index in [0.29, 0.717) is 5.02 Å². The van der Waals surface area contributed by atoms with Crippen LogP contribution >= 0.6 is 11.6 Å². The number of para-hydroxylation sites is 1. The van der Waals surface area contributed by atoms with Gasteiger partial charge in [-0.1, -0.05) is 41.9 Å². The Morgan fingerprint density at radius 3 is 2.32 bits per heavy atom. The Balaban J connectivity index is 1.97. The van der Waals surface area contributed by atoms with Gasteiger partial charge in [0, 0.05) is 5.02 Å². The van der Waals surface area contributed by atoms with Crippen LogP contribution in [0, 0.1) is 5.92 Å². The SMILES string of the molecule is CC(=O)[C@H]1C(=O)N(c2ccccc2)N[C@@H]1c1ccc(Cl)cc1. The van der Waals surface area contributed by atoms with Gasteiger partial charge in [-0.15, -0.1) is 0 Å². The first-order valence-corrected chi connectivity index (χ1v) is 7.37. The Hall–Kier alpha value is -2.17. The summed E-state index contributed by atoms with van der Waals surface area (Å²) in [4.78, 5) is 24.6. The van der Waals surface area contributed by atoms with E-state index >= 15 is 0 Å². The molecule has 3 rings (SSSR count). The van der Waals surface area contributed by atoms with Gasteiger partial charge in [0.05, 0.1) is 11.7 Å². The second-order valence-corrected chi connectivity index (χ2v) is 5.69. The van der Waals surface area contributed by atoms with Gasteiger partial charge in [0.2, 0.25) is 0 Å². The maximum absolute atomic E-state index is 12.6. The van der Waals surface area contributed by atoms with Gasteiger partial charge in [0.15, 0.2) is 0 Å². The summed E-state index contributed by atoms with van der Waals surface area (Å²) in [7, 11) is 0. The van der Waals surface area contributed by atoms with Gasteiger partial charge in [-0.25, -0.2) is 10.4 Å². The zero-order chi connectivity index (χ0) is 15.7. The standard InChI is InChI=1S/C17H15ClN2O2/c1-11(21)15-16(12-7-9-13(18)10-8-12)19-20(17(15)22)14-5-3-2-4-6-14/h2-10,15-16,19H,1H3/t15-,16-/m1/s1. The predicted octanol–water partition coefficient (Wildman–Crippen LogP) is 3.14. The van der Waals surface area contributed by atoms with Crippen molar-refractivity contribution in [2.45, 2.75) is 13.0 Å². The first-order valence-electron chi connectivity index (χ1n) is 6.99. The summed E-state index contributed by atoms with van der Waals surface area (Å²) in [6.45, 7) is 1.45. The molecule has 5 heteroatoms. The number of hydrogen-bond donors (Lipinski definition) is 1. The number of anilines is 1. The highest BCUT2D eigenvalue weighted by atomic mass is 35.5. The number of rotatable bonds is 3. The van der Waals surface area contributed by atoms with E-state index in [2.05, 4.69) is 5.43 Å². The minimum absolute atomic E-state index is 0.157. The van der Waals surface area contributed by atoms with Crippen molar-refractivity contribution in [3.05, 3.63) is 65.2 Å². The molecule has 0 aliphatic carbocycles. The fourth-order valence-corrected chi connectivity index (χ4v) is 2.81.